The molecule has 3 rings (SSSR count). The zero-order valence-corrected chi connectivity index (χ0v) is 14.2. The van der Waals surface area contributed by atoms with Gasteiger partial charge in [-0.1, -0.05) is 23.4 Å². The van der Waals surface area contributed by atoms with E-state index in [0.29, 0.717) is 30.1 Å². The highest BCUT2D eigenvalue weighted by Crippen LogP contribution is 2.15. The van der Waals surface area contributed by atoms with Crippen molar-refractivity contribution in [1.29, 1.82) is 0 Å². The van der Waals surface area contributed by atoms with Gasteiger partial charge in [-0.05, 0) is 18.2 Å². The number of para-hydroxylation sites is 1. The Bertz CT molecular complexity index is 934. The van der Waals surface area contributed by atoms with Crippen LogP contribution < -0.4 is 10.9 Å². The monoisotopic (exact) mass is 354 g/mol. The van der Waals surface area contributed by atoms with Gasteiger partial charge in [0.2, 0.25) is 5.91 Å². The summed E-state index contributed by atoms with van der Waals surface area (Å²) >= 11 is 0. The van der Waals surface area contributed by atoms with Gasteiger partial charge in [0.15, 0.2) is 5.82 Å². The molecule has 1 amide bonds. The third-order valence-electron chi connectivity index (χ3n) is 3.60. The molecule has 2 heterocycles. The molecule has 0 saturated carbocycles. The first-order valence-corrected chi connectivity index (χ1v) is 8.03. The molecule has 0 fully saturated rings. The quantitative estimate of drug-likeness (QED) is 0.694. The summed E-state index contributed by atoms with van der Waals surface area (Å²) in [5, 5.41) is 6.61. The number of hydrogen-bond acceptors (Lipinski definition) is 6. The van der Waals surface area contributed by atoms with Crippen molar-refractivity contribution < 1.29 is 14.1 Å². The number of aromatic nitrogens is 3. The van der Waals surface area contributed by atoms with Gasteiger partial charge < -0.3 is 19.1 Å². The highest BCUT2D eigenvalue weighted by atomic mass is 16.5. The molecule has 0 aliphatic rings. The molecule has 0 spiro atoms. The number of nitrogens with zero attached hydrogens (tertiary/aromatic N) is 3. The van der Waals surface area contributed by atoms with E-state index in [0.717, 1.165) is 0 Å². The van der Waals surface area contributed by atoms with Crippen LogP contribution in [0.5, 0.6) is 0 Å². The Balaban J connectivity index is 1.74. The molecular formula is C18H18N4O4. The lowest BCUT2D eigenvalue weighted by Crippen LogP contribution is -2.26. The van der Waals surface area contributed by atoms with E-state index in [9.17, 15) is 9.59 Å². The minimum Gasteiger partial charge on any atom is -0.384 e. The standard InChI is InChI=1S/C18H18N4O4/c1-25-10-9-15-20-18(26-21-15)13-7-8-17(24)22(11-13)12-16(23)19-14-5-3-2-4-6-14/h2-8,11H,9-10,12H2,1H3,(H,19,23). The number of ether oxygens (including phenoxy) is 1. The number of rotatable bonds is 7. The summed E-state index contributed by atoms with van der Waals surface area (Å²) in [6.07, 6.45) is 2.06. The van der Waals surface area contributed by atoms with Crippen molar-refractivity contribution in [2.45, 2.75) is 13.0 Å². The Morgan fingerprint density at radius 1 is 1.23 bits per heavy atom. The SMILES string of the molecule is COCCc1noc(-c2ccc(=O)n(CC(=O)Nc3ccccc3)c2)n1. The van der Waals surface area contributed by atoms with Crippen molar-refractivity contribution in [1.82, 2.24) is 14.7 Å². The second-order valence-corrected chi connectivity index (χ2v) is 5.56. The molecule has 0 saturated heterocycles. The van der Waals surface area contributed by atoms with Crippen LogP contribution in [0.15, 0.2) is 58.0 Å². The maximum Gasteiger partial charge on any atom is 0.259 e. The number of anilines is 1. The van der Waals surface area contributed by atoms with Crippen LogP contribution in [0.1, 0.15) is 5.82 Å². The summed E-state index contributed by atoms with van der Waals surface area (Å²) in [6.45, 7) is 0.365. The second-order valence-electron chi connectivity index (χ2n) is 5.56. The minimum absolute atomic E-state index is 0.119. The van der Waals surface area contributed by atoms with E-state index < -0.39 is 0 Å². The van der Waals surface area contributed by atoms with Crippen molar-refractivity contribution in [3.05, 3.63) is 64.8 Å². The lowest BCUT2D eigenvalue weighted by Gasteiger charge is -2.08. The van der Waals surface area contributed by atoms with Gasteiger partial charge in [0.25, 0.3) is 11.4 Å². The van der Waals surface area contributed by atoms with Gasteiger partial charge in [0.05, 0.1) is 12.2 Å². The molecule has 1 aromatic carbocycles. The first kappa shape index (κ1) is 17.6. The smallest absolute Gasteiger partial charge is 0.259 e. The van der Waals surface area contributed by atoms with E-state index in [4.69, 9.17) is 9.26 Å². The van der Waals surface area contributed by atoms with Gasteiger partial charge in [0, 0.05) is 31.5 Å². The number of carbonyl (C=O) groups excluding carboxylic acids is 1. The molecule has 0 aliphatic heterocycles. The molecule has 26 heavy (non-hydrogen) atoms. The third-order valence-corrected chi connectivity index (χ3v) is 3.60. The van der Waals surface area contributed by atoms with Crippen molar-refractivity contribution in [3.63, 3.8) is 0 Å². The van der Waals surface area contributed by atoms with Gasteiger partial charge in [-0.3, -0.25) is 9.59 Å². The van der Waals surface area contributed by atoms with Crippen LogP contribution in [0.25, 0.3) is 11.5 Å². The predicted molar refractivity (Wildman–Crippen MR) is 94.6 cm³/mol. The lowest BCUT2D eigenvalue weighted by atomic mass is 10.2. The summed E-state index contributed by atoms with van der Waals surface area (Å²) in [4.78, 5) is 28.5. The van der Waals surface area contributed by atoms with Gasteiger partial charge in [0.1, 0.15) is 6.54 Å². The molecule has 3 aromatic rings. The van der Waals surface area contributed by atoms with E-state index in [1.54, 1.807) is 25.3 Å². The first-order chi connectivity index (χ1) is 12.7. The van der Waals surface area contributed by atoms with E-state index >= 15 is 0 Å². The van der Waals surface area contributed by atoms with E-state index in [-0.39, 0.29) is 23.9 Å². The van der Waals surface area contributed by atoms with Crippen molar-refractivity contribution in [2.75, 3.05) is 19.0 Å². The number of nitrogens with one attached hydrogen (secondary N) is 1. The molecule has 134 valence electrons. The Kier molecular flexibility index (Phi) is 5.55. The Labute approximate surface area is 149 Å². The highest BCUT2D eigenvalue weighted by molar-refractivity contribution is 5.90. The Morgan fingerprint density at radius 2 is 2.04 bits per heavy atom. The summed E-state index contributed by atoms with van der Waals surface area (Å²) in [7, 11) is 1.59. The molecule has 0 bridgehead atoms. The number of carbonyl (C=O) groups is 1. The van der Waals surface area contributed by atoms with Gasteiger partial charge in [-0.25, -0.2) is 0 Å². The fraction of sp³-hybridized carbons (Fsp3) is 0.222. The van der Waals surface area contributed by atoms with Crippen LogP contribution in [-0.4, -0.2) is 34.3 Å². The average Bonchev–Trinajstić information content (AvgIpc) is 3.11. The van der Waals surface area contributed by atoms with Crippen molar-refractivity contribution >= 4 is 11.6 Å². The number of pyridine rings is 1. The summed E-state index contributed by atoms with van der Waals surface area (Å²) < 4.78 is 11.5. The molecule has 0 atom stereocenters. The maximum atomic E-state index is 12.2. The number of hydrogen-bond donors (Lipinski definition) is 1. The fourth-order valence-electron chi connectivity index (χ4n) is 2.32. The summed E-state index contributed by atoms with van der Waals surface area (Å²) in [5.74, 6) is 0.497. The minimum atomic E-state index is -0.304. The number of amides is 1. The molecule has 0 radical (unpaired) electrons. The molecular weight excluding hydrogens is 336 g/mol. The van der Waals surface area contributed by atoms with E-state index in [2.05, 4.69) is 15.5 Å². The van der Waals surface area contributed by atoms with Crippen LogP contribution >= 0.6 is 0 Å². The number of methoxy groups -OCH3 is 1. The van der Waals surface area contributed by atoms with E-state index in [1.165, 1.54) is 16.8 Å². The third kappa shape index (κ3) is 4.42. The van der Waals surface area contributed by atoms with Crippen LogP contribution in [0.2, 0.25) is 0 Å². The lowest BCUT2D eigenvalue weighted by molar-refractivity contribution is -0.116. The van der Waals surface area contributed by atoms with Gasteiger partial charge >= 0.3 is 0 Å². The fourth-order valence-corrected chi connectivity index (χ4v) is 2.32. The molecule has 0 aliphatic carbocycles. The van der Waals surface area contributed by atoms with Crippen molar-refractivity contribution in [3.8, 4) is 11.5 Å². The molecule has 1 N–H and O–H groups in total. The number of benzene rings is 1. The zero-order valence-electron chi connectivity index (χ0n) is 14.2. The van der Waals surface area contributed by atoms with Gasteiger partial charge in [-0.2, -0.15) is 4.98 Å². The second kappa shape index (κ2) is 8.21. The largest absolute Gasteiger partial charge is 0.384 e. The molecule has 8 heteroatoms. The molecule has 0 unspecified atom stereocenters. The first-order valence-electron chi connectivity index (χ1n) is 8.03. The topological polar surface area (TPSA) is 99.3 Å². The summed E-state index contributed by atoms with van der Waals surface area (Å²) in [5.41, 5.74) is 0.936. The predicted octanol–water partition coefficient (Wildman–Crippen LogP) is 1.73. The van der Waals surface area contributed by atoms with Crippen LogP contribution in [0.3, 0.4) is 0 Å². The van der Waals surface area contributed by atoms with Crippen LogP contribution in [0, 0.1) is 0 Å². The maximum absolute atomic E-state index is 12.2. The normalized spacial score (nSPS) is 10.7. The average molecular weight is 354 g/mol. The molecule has 2 aromatic heterocycles. The van der Waals surface area contributed by atoms with Crippen molar-refractivity contribution in [2.24, 2.45) is 0 Å². The van der Waals surface area contributed by atoms with E-state index in [1.807, 2.05) is 18.2 Å². The van der Waals surface area contributed by atoms with Gasteiger partial charge in [-0.15, -0.1) is 0 Å². The van der Waals surface area contributed by atoms with Crippen LogP contribution in [-0.2, 0) is 22.5 Å². The Hall–Kier alpha value is -3.26. The Morgan fingerprint density at radius 3 is 2.81 bits per heavy atom. The summed E-state index contributed by atoms with van der Waals surface area (Å²) in [6, 6.07) is 12.0. The zero-order chi connectivity index (χ0) is 18.4. The van der Waals surface area contributed by atoms with Crippen LogP contribution in [0.4, 0.5) is 5.69 Å². The molecule has 8 nitrogen and oxygen atoms in total. The highest BCUT2D eigenvalue weighted by Gasteiger charge is 2.12.